The second kappa shape index (κ2) is 3.89. The van der Waals surface area contributed by atoms with Gasteiger partial charge >= 0.3 is 0 Å². The highest BCUT2D eigenvalue weighted by Crippen LogP contribution is 2.14. The van der Waals surface area contributed by atoms with E-state index in [2.05, 4.69) is 22.6 Å². The molecule has 0 saturated heterocycles. The Kier molecular flexibility index (Phi) is 3.08. The Morgan fingerprint density at radius 2 is 2.25 bits per heavy atom. The smallest absolute Gasteiger partial charge is 0.249 e. The molecule has 2 N–H and O–H groups in total. The van der Waals surface area contributed by atoms with Crippen molar-refractivity contribution in [3.05, 3.63) is 32.9 Å². The largest absolute Gasteiger partial charge is 0.366 e. The molecule has 64 valence electrons. The first-order chi connectivity index (χ1) is 5.65. The number of amides is 1. The molecule has 0 aliphatic heterocycles. The van der Waals surface area contributed by atoms with Crippen molar-refractivity contribution in [3.63, 3.8) is 0 Å². The highest BCUT2D eigenvalue weighted by Gasteiger charge is 2.05. The van der Waals surface area contributed by atoms with E-state index in [4.69, 9.17) is 5.73 Å². The van der Waals surface area contributed by atoms with Gasteiger partial charge in [0, 0.05) is 3.57 Å². The first kappa shape index (κ1) is 9.51. The predicted octanol–water partition coefficient (Wildman–Crippen LogP) is 1.95. The van der Waals surface area contributed by atoms with Gasteiger partial charge in [-0.15, -0.1) is 0 Å². The third-order valence-corrected chi connectivity index (χ3v) is 2.65. The van der Waals surface area contributed by atoms with Crippen molar-refractivity contribution in [1.82, 2.24) is 0 Å². The van der Waals surface area contributed by atoms with E-state index in [1.54, 1.807) is 0 Å². The average molecular weight is 275 g/mol. The molecule has 1 rings (SSSR count). The number of benzene rings is 1. The molecule has 1 aromatic carbocycles. The molecule has 12 heavy (non-hydrogen) atoms. The Hall–Kier alpha value is -0.580. The van der Waals surface area contributed by atoms with Crippen molar-refractivity contribution < 1.29 is 4.79 Å². The molecule has 0 aliphatic rings. The zero-order valence-electron chi connectivity index (χ0n) is 6.80. The van der Waals surface area contributed by atoms with E-state index in [9.17, 15) is 4.79 Å². The maximum atomic E-state index is 10.9. The minimum atomic E-state index is -0.352. The molecule has 1 aromatic rings. The Balaban J connectivity index is 3.17. The van der Waals surface area contributed by atoms with Crippen LogP contribution in [-0.2, 0) is 6.42 Å². The third kappa shape index (κ3) is 1.97. The lowest BCUT2D eigenvalue weighted by Gasteiger charge is -2.02. The van der Waals surface area contributed by atoms with Crippen LogP contribution in [0.1, 0.15) is 22.8 Å². The van der Waals surface area contributed by atoms with Gasteiger partial charge in [-0.05, 0) is 46.7 Å². The Bertz CT molecular complexity index is 309. The monoisotopic (exact) mass is 275 g/mol. The van der Waals surface area contributed by atoms with Gasteiger partial charge in [0.25, 0.3) is 0 Å². The maximum Gasteiger partial charge on any atom is 0.249 e. The number of rotatable bonds is 2. The Morgan fingerprint density at radius 1 is 1.58 bits per heavy atom. The van der Waals surface area contributed by atoms with Gasteiger partial charge in [0.1, 0.15) is 0 Å². The van der Waals surface area contributed by atoms with E-state index in [-0.39, 0.29) is 5.91 Å². The number of halogens is 1. The van der Waals surface area contributed by atoms with Gasteiger partial charge < -0.3 is 5.73 Å². The fourth-order valence-corrected chi connectivity index (χ4v) is 1.58. The third-order valence-electron chi connectivity index (χ3n) is 1.70. The molecule has 0 fully saturated rings. The Morgan fingerprint density at radius 3 is 2.75 bits per heavy atom. The van der Waals surface area contributed by atoms with Crippen molar-refractivity contribution in [1.29, 1.82) is 0 Å². The molecule has 0 atom stereocenters. The normalized spacial score (nSPS) is 9.83. The van der Waals surface area contributed by atoms with Gasteiger partial charge in [0.2, 0.25) is 5.91 Å². The van der Waals surface area contributed by atoms with Crippen LogP contribution in [0, 0.1) is 3.57 Å². The quantitative estimate of drug-likeness (QED) is 0.824. The average Bonchev–Trinajstić information content (AvgIpc) is 2.05. The van der Waals surface area contributed by atoms with Gasteiger partial charge in [-0.2, -0.15) is 0 Å². The van der Waals surface area contributed by atoms with E-state index < -0.39 is 0 Å². The summed E-state index contributed by atoms with van der Waals surface area (Å²) in [7, 11) is 0. The predicted molar refractivity (Wildman–Crippen MR) is 57.1 cm³/mol. The van der Waals surface area contributed by atoms with Crippen molar-refractivity contribution in [2.75, 3.05) is 0 Å². The van der Waals surface area contributed by atoms with Crippen molar-refractivity contribution >= 4 is 28.5 Å². The topological polar surface area (TPSA) is 43.1 Å². The summed E-state index contributed by atoms with van der Waals surface area (Å²) in [6.07, 6.45) is 0.928. The molecule has 0 radical (unpaired) electrons. The summed E-state index contributed by atoms with van der Waals surface area (Å²) in [6.45, 7) is 2.05. The molecule has 1 amide bonds. The van der Waals surface area contributed by atoms with E-state index in [0.29, 0.717) is 5.56 Å². The van der Waals surface area contributed by atoms with Crippen LogP contribution in [0.15, 0.2) is 18.2 Å². The molecule has 0 heterocycles. The van der Waals surface area contributed by atoms with Crippen LogP contribution in [0.25, 0.3) is 0 Å². The highest BCUT2D eigenvalue weighted by molar-refractivity contribution is 14.1. The number of hydrogen-bond donors (Lipinski definition) is 1. The molecule has 0 saturated carbocycles. The molecule has 0 aromatic heterocycles. The molecule has 2 nitrogen and oxygen atoms in total. The molecule has 0 bridgehead atoms. The number of carbonyl (C=O) groups excluding carboxylic acids is 1. The number of aryl methyl sites for hydroxylation is 1. The Labute approximate surface area is 85.3 Å². The fourth-order valence-electron chi connectivity index (χ4n) is 0.981. The van der Waals surface area contributed by atoms with Gasteiger partial charge in [-0.25, -0.2) is 0 Å². The zero-order valence-corrected chi connectivity index (χ0v) is 8.96. The van der Waals surface area contributed by atoms with Gasteiger partial charge in [-0.3, -0.25) is 4.79 Å². The van der Waals surface area contributed by atoms with Crippen LogP contribution in [0.4, 0.5) is 0 Å². The SMILES string of the molecule is CCc1ccc(I)c(C(N)=O)c1. The maximum absolute atomic E-state index is 10.9. The number of primary amides is 1. The molecule has 0 unspecified atom stereocenters. The molecule has 0 aliphatic carbocycles. The van der Waals surface area contributed by atoms with Gasteiger partial charge in [-0.1, -0.05) is 13.0 Å². The molecular weight excluding hydrogens is 265 g/mol. The molecular formula is C9H10INO. The lowest BCUT2D eigenvalue weighted by atomic mass is 10.1. The minimum absolute atomic E-state index is 0.352. The van der Waals surface area contributed by atoms with Crippen LogP contribution >= 0.6 is 22.6 Å². The van der Waals surface area contributed by atoms with Crippen molar-refractivity contribution in [2.24, 2.45) is 5.73 Å². The van der Waals surface area contributed by atoms with Crippen LogP contribution < -0.4 is 5.73 Å². The van der Waals surface area contributed by atoms with Crippen molar-refractivity contribution in [3.8, 4) is 0 Å². The zero-order chi connectivity index (χ0) is 9.14. The second-order valence-electron chi connectivity index (χ2n) is 2.53. The molecule has 0 spiro atoms. The van der Waals surface area contributed by atoms with Crippen molar-refractivity contribution in [2.45, 2.75) is 13.3 Å². The van der Waals surface area contributed by atoms with Gasteiger partial charge in [0.15, 0.2) is 0 Å². The first-order valence-electron chi connectivity index (χ1n) is 3.73. The summed E-state index contributed by atoms with van der Waals surface area (Å²) in [4.78, 5) is 10.9. The van der Waals surface area contributed by atoms with E-state index in [1.165, 1.54) is 0 Å². The number of hydrogen-bond acceptors (Lipinski definition) is 1. The highest BCUT2D eigenvalue weighted by atomic mass is 127. The summed E-state index contributed by atoms with van der Waals surface area (Å²) in [5.41, 5.74) is 6.96. The fraction of sp³-hybridized carbons (Fsp3) is 0.222. The summed E-state index contributed by atoms with van der Waals surface area (Å²) >= 11 is 2.11. The second-order valence-corrected chi connectivity index (χ2v) is 3.69. The summed E-state index contributed by atoms with van der Waals surface area (Å²) in [5, 5.41) is 0. The summed E-state index contributed by atoms with van der Waals surface area (Å²) < 4.78 is 0.914. The molecule has 3 heteroatoms. The summed E-state index contributed by atoms with van der Waals surface area (Å²) in [6, 6.07) is 5.78. The minimum Gasteiger partial charge on any atom is -0.366 e. The first-order valence-corrected chi connectivity index (χ1v) is 4.81. The standard InChI is InChI=1S/C9H10INO/c1-2-6-3-4-8(10)7(5-6)9(11)12/h3-5H,2H2,1H3,(H2,11,12). The van der Waals surface area contributed by atoms with Crippen LogP contribution in [0.3, 0.4) is 0 Å². The van der Waals surface area contributed by atoms with E-state index in [1.807, 2.05) is 25.1 Å². The van der Waals surface area contributed by atoms with E-state index >= 15 is 0 Å². The van der Waals surface area contributed by atoms with Crippen LogP contribution in [-0.4, -0.2) is 5.91 Å². The lowest BCUT2D eigenvalue weighted by Crippen LogP contribution is -2.13. The lowest BCUT2D eigenvalue weighted by molar-refractivity contribution is 0.0999. The number of nitrogens with two attached hydrogens (primary N) is 1. The number of carbonyl (C=O) groups is 1. The van der Waals surface area contributed by atoms with Crippen LogP contribution in [0.2, 0.25) is 0 Å². The summed E-state index contributed by atoms with van der Waals surface area (Å²) in [5.74, 6) is -0.352. The van der Waals surface area contributed by atoms with Gasteiger partial charge in [0.05, 0.1) is 5.56 Å². The van der Waals surface area contributed by atoms with E-state index in [0.717, 1.165) is 15.6 Å². The van der Waals surface area contributed by atoms with Crippen LogP contribution in [0.5, 0.6) is 0 Å².